The first-order chi connectivity index (χ1) is 13.5. The van der Waals surface area contributed by atoms with Crippen molar-refractivity contribution in [3.63, 3.8) is 0 Å². The van der Waals surface area contributed by atoms with E-state index in [1.165, 1.54) is 6.07 Å². The third-order valence-corrected chi connectivity index (χ3v) is 5.55. The van der Waals surface area contributed by atoms with E-state index in [0.717, 1.165) is 0 Å². The second-order valence-electron chi connectivity index (χ2n) is 5.94. The van der Waals surface area contributed by atoms with Gasteiger partial charge in [0.15, 0.2) is 17.0 Å². The summed E-state index contributed by atoms with van der Waals surface area (Å²) in [5, 5.41) is 9.86. The Bertz CT molecular complexity index is 1110. The molecule has 11 heteroatoms. The fourth-order valence-corrected chi connectivity index (χ4v) is 3.89. The van der Waals surface area contributed by atoms with Crippen LogP contribution in [0.1, 0.15) is 0 Å². The number of sulfonamides is 1. The summed E-state index contributed by atoms with van der Waals surface area (Å²) in [6.45, 7) is 0.141. The van der Waals surface area contributed by atoms with E-state index in [1.54, 1.807) is 30.3 Å². The maximum atomic E-state index is 12.4. The lowest BCUT2D eigenvalue weighted by Crippen LogP contribution is -2.46. The molecule has 2 heterocycles. The minimum Gasteiger partial charge on any atom is -0.485 e. The third kappa shape index (κ3) is 3.62. The highest BCUT2D eigenvalue weighted by molar-refractivity contribution is 7.89. The van der Waals surface area contributed by atoms with Crippen LogP contribution in [0.3, 0.4) is 0 Å². The highest BCUT2D eigenvalue weighted by atomic mass is 32.2. The Labute approximate surface area is 159 Å². The van der Waals surface area contributed by atoms with Gasteiger partial charge in [-0.2, -0.15) is 0 Å². The molecule has 0 saturated heterocycles. The number of hydrogen-bond acceptors (Lipinski definition) is 8. The lowest BCUT2D eigenvalue weighted by atomic mass is 10.2. The van der Waals surface area contributed by atoms with Crippen molar-refractivity contribution in [2.24, 2.45) is 0 Å². The SMILES string of the molecule is O=C(NCCNS(=O)(=O)c1cccc2nonc12)[C@H]1COc2ccccc2O1. The molecule has 2 aromatic carbocycles. The third-order valence-electron chi connectivity index (χ3n) is 4.06. The molecule has 4 rings (SSSR count). The number of carbonyl (C=O) groups is 1. The Kier molecular flexibility index (Phi) is 4.84. The summed E-state index contributed by atoms with van der Waals surface area (Å²) in [6, 6.07) is 11.6. The van der Waals surface area contributed by atoms with Crippen LogP contribution in [0.2, 0.25) is 0 Å². The number of para-hydroxylation sites is 2. The first kappa shape index (κ1) is 18.2. The van der Waals surface area contributed by atoms with Gasteiger partial charge >= 0.3 is 0 Å². The van der Waals surface area contributed by atoms with Gasteiger partial charge < -0.3 is 14.8 Å². The number of fused-ring (bicyclic) bond motifs is 2. The Morgan fingerprint density at radius 3 is 2.75 bits per heavy atom. The smallest absolute Gasteiger partial charge is 0.264 e. The number of aromatic nitrogens is 2. The number of ether oxygens (including phenoxy) is 2. The number of nitrogens with one attached hydrogen (secondary N) is 2. The highest BCUT2D eigenvalue weighted by Gasteiger charge is 2.27. The lowest BCUT2D eigenvalue weighted by Gasteiger charge is -2.25. The molecule has 1 aromatic heterocycles. The van der Waals surface area contributed by atoms with Crippen molar-refractivity contribution in [1.82, 2.24) is 20.4 Å². The minimum absolute atomic E-state index is 0.0140. The molecule has 2 N–H and O–H groups in total. The fraction of sp³-hybridized carbons (Fsp3) is 0.235. The maximum absolute atomic E-state index is 12.4. The Hall–Kier alpha value is -3.18. The van der Waals surface area contributed by atoms with Crippen LogP contribution in [0.15, 0.2) is 52.0 Å². The fourth-order valence-electron chi connectivity index (χ4n) is 2.71. The average molecular weight is 404 g/mol. The van der Waals surface area contributed by atoms with Crippen LogP contribution >= 0.6 is 0 Å². The zero-order valence-electron chi connectivity index (χ0n) is 14.5. The molecule has 1 amide bonds. The molecule has 10 nitrogen and oxygen atoms in total. The summed E-state index contributed by atoms with van der Waals surface area (Å²) in [6.07, 6.45) is -0.804. The van der Waals surface area contributed by atoms with E-state index in [1.807, 2.05) is 6.07 Å². The van der Waals surface area contributed by atoms with Crippen LogP contribution in [-0.4, -0.2) is 50.4 Å². The Morgan fingerprint density at radius 2 is 1.89 bits per heavy atom. The molecule has 1 aliphatic heterocycles. The van der Waals surface area contributed by atoms with Crippen molar-refractivity contribution in [2.45, 2.75) is 11.0 Å². The van der Waals surface area contributed by atoms with E-state index in [9.17, 15) is 13.2 Å². The Morgan fingerprint density at radius 1 is 1.07 bits per heavy atom. The number of amides is 1. The molecule has 28 heavy (non-hydrogen) atoms. The van der Waals surface area contributed by atoms with Gasteiger partial charge in [-0.3, -0.25) is 4.79 Å². The topological polar surface area (TPSA) is 133 Å². The highest BCUT2D eigenvalue weighted by Crippen LogP contribution is 2.30. The average Bonchev–Trinajstić information content (AvgIpc) is 3.19. The number of carbonyl (C=O) groups excluding carboxylic acids is 1. The minimum atomic E-state index is -3.84. The van der Waals surface area contributed by atoms with Crippen LogP contribution < -0.4 is 19.5 Å². The van der Waals surface area contributed by atoms with Gasteiger partial charge in [0.2, 0.25) is 16.1 Å². The van der Waals surface area contributed by atoms with E-state index in [2.05, 4.69) is 25.0 Å². The van der Waals surface area contributed by atoms with Crippen LogP contribution in [0, 0.1) is 0 Å². The molecule has 0 bridgehead atoms. The largest absolute Gasteiger partial charge is 0.485 e. The second kappa shape index (κ2) is 7.44. The van der Waals surface area contributed by atoms with E-state index in [-0.39, 0.29) is 30.1 Å². The molecule has 0 saturated carbocycles. The zero-order chi connectivity index (χ0) is 19.6. The van der Waals surface area contributed by atoms with E-state index in [4.69, 9.17) is 9.47 Å². The van der Waals surface area contributed by atoms with Crippen molar-refractivity contribution >= 4 is 27.0 Å². The van der Waals surface area contributed by atoms with Gasteiger partial charge in [0, 0.05) is 13.1 Å². The van der Waals surface area contributed by atoms with E-state index < -0.39 is 22.0 Å². The van der Waals surface area contributed by atoms with Crippen LogP contribution in [0.25, 0.3) is 11.0 Å². The van der Waals surface area contributed by atoms with Crippen LogP contribution in [-0.2, 0) is 14.8 Å². The van der Waals surface area contributed by atoms with Crippen molar-refractivity contribution in [2.75, 3.05) is 19.7 Å². The van der Waals surface area contributed by atoms with Gasteiger partial charge in [0.1, 0.15) is 17.0 Å². The lowest BCUT2D eigenvalue weighted by molar-refractivity contribution is -0.130. The quantitative estimate of drug-likeness (QED) is 0.566. The van der Waals surface area contributed by atoms with Gasteiger partial charge in [0.25, 0.3) is 5.91 Å². The van der Waals surface area contributed by atoms with Gasteiger partial charge in [-0.25, -0.2) is 17.8 Å². The molecule has 0 radical (unpaired) electrons. The summed E-state index contributed by atoms with van der Waals surface area (Å²) < 4.78 is 43.0. The van der Waals surface area contributed by atoms with Crippen molar-refractivity contribution < 1.29 is 27.3 Å². The molecule has 0 aliphatic carbocycles. The predicted octanol–water partition coefficient (Wildman–Crippen LogP) is 0.457. The molecule has 146 valence electrons. The molecular weight excluding hydrogens is 388 g/mol. The molecular formula is C17H16N4O6S. The van der Waals surface area contributed by atoms with Gasteiger partial charge in [-0.05, 0) is 34.6 Å². The monoisotopic (exact) mass is 404 g/mol. The summed E-state index contributed by atoms with van der Waals surface area (Å²) in [5.74, 6) is 0.677. The summed E-state index contributed by atoms with van der Waals surface area (Å²) in [7, 11) is -3.84. The van der Waals surface area contributed by atoms with Crippen molar-refractivity contribution in [3.05, 3.63) is 42.5 Å². The Balaban J connectivity index is 1.31. The molecule has 1 atom stereocenters. The zero-order valence-corrected chi connectivity index (χ0v) is 15.3. The van der Waals surface area contributed by atoms with Gasteiger partial charge in [0.05, 0.1) is 0 Å². The first-order valence-electron chi connectivity index (χ1n) is 8.42. The van der Waals surface area contributed by atoms with Gasteiger partial charge in [-0.15, -0.1) is 0 Å². The number of rotatable bonds is 6. The second-order valence-corrected chi connectivity index (χ2v) is 7.68. The summed E-state index contributed by atoms with van der Waals surface area (Å²) >= 11 is 0. The van der Waals surface area contributed by atoms with Crippen LogP contribution in [0.4, 0.5) is 0 Å². The van der Waals surface area contributed by atoms with Crippen LogP contribution in [0.5, 0.6) is 11.5 Å². The number of benzene rings is 2. The predicted molar refractivity (Wildman–Crippen MR) is 96.4 cm³/mol. The summed E-state index contributed by atoms with van der Waals surface area (Å²) in [4.78, 5) is 12.2. The molecule has 0 spiro atoms. The first-order valence-corrected chi connectivity index (χ1v) is 9.90. The molecule has 3 aromatic rings. The molecule has 0 unspecified atom stereocenters. The van der Waals surface area contributed by atoms with E-state index in [0.29, 0.717) is 17.0 Å². The molecule has 1 aliphatic rings. The number of nitrogens with zero attached hydrogens (tertiary/aromatic N) is 2. The summed E-state index contributed by atoms with van der Waals surface area (Å²) in [5.41, 5.74) is 0.483. The normalized spacial score (nSPS) is 16.1. The van der Waals surface area contributed by atoms with E-state index >= 15 is 0 Å². The van der Waals surface area contributed by atoms with Gasteiger partial charge in [-0.1, -0.05) is 18.2 Å². The van der Waals surface area contributed by atoms with Crippen molar-refractivity contribution in [1.29, 1.82) is 0 Å². The van der Waals surface area contributed by atoms with Crippen molar-refractivity contribution in [3.8, 4) is 11.5 Å². The number of hydrogen-bond donors (Lipinski definition) is 2. The standard InChI is InChI=1S/C17H16N4O6S/c22-17(14-10-25-12-5-1-2-6-13(12)26-14)18-8-9-19-28(23,24)15-7-3-4-11-16(15)21-27-20-11/h1-7,14,19H,8-10H2,(H,18,22)/t14-/m1/s1. The molecule has 0 fully saturated rings. The maximum Gasteiger partial charge on any atom is 0.264 e.